The first-order chi connectivity index (χ1) is 9.94. The summed E-state index contributed by atoms with van der Waals surface area (Å²) in [4.78, 5) is 5.53. The Morgan fingerprint density at radius 2 is 2.10 bits per heavy atom. The van der Waals surface area contributed by atoms with Gasteiger partial charge in [-0.1, -0.05) is 17.3 Å². The number of hydrogen-bond acceptors (Lipinski definition) is 6. The van der Waals surface area contributed by atoms with E-state index in [1.165, 1.54) is 0 Å². The standard InChI is InChI=1S/C15H21N3O2S/c1-10(2)19-9-15(3,16)14-17-13(20-18-14)11-7-5-6-8-12(11)21-4/h5-8,10H,9,16H2,1-4H3. The summed E-state index contributed by atoms with van der Waals surface area (Å²) in [6, 6.07) is 7.91. The maximum Gasteiger partial charge on any atom is 0.259 e. The second-order valence-corrected chi connectivity index (χ2v) is 6.25. The lowest BCUT2D eigenvalue weighted by Crippen LogP contribution is -2.40. The van der Waals surface area contributed by atoms with Gasteiger partial charge in [-0.05, 0) is 39.2 Å². The molecule has 1 unspecified atom stereocenters. The molecule has 0 bridgehead atoms. The van der Waals surface area contributed by atoms with Gasteiger partial charge >= 0.3 is 0 Å². The van der Waals surface area contributed by atoms with Crippen LogP contribution in [0.2, 0.25) is 0 Å². The summed E-state index contributed by atoms with van der Waals surface area (Å²) >= 11 is 1.64. The van der Waals surface area contributed by atoms with Crippen LogP contribution >= 0.6 is 11.8 Å². The Kier molecular flexibility index (Phi) is 5.03. The van der Waals surface area contributed by atoms with Gasteiger partial charge in [0.05, 0.1) is 18.3 Å². The smallest absolute Gasteiger partial charge is 0.259 e. The monoisotopic (exact) mass is 307 g/mol. The topological polar surface area (TPSA) is 74.2 Å². The number of nitrogens with two attached hydrogens (primary N) is 1. The van der Waals surface area contributed by atoms with E-state index in [4.69, 9.17) is 15.0 Å². The molecular weight excluding hydrogens is 286 g/mol. The van der Waals surface area contributed by atoms with E-state index in [9.17, 15) is 0 Å². The van der Waals surface area contributed by atoms with Gasteiger partial charge in [0.1, 0.15) is 5.54 Å². The van der Waals surface area contributed by atoms with Crippen molar-refractivity contribution in [3.63, 3.8) is 0 Å². The van der Waals surface area contributed by atoms with Crippen molar-refractivity contribution in [3.05, 3.63) is 30.1 Å². The van der Waals surface area contributed by atoms with Gasteiger partial charge in [-0.25, -0.2) is 0 Å². The van der Waals surface area contributed by atoms with Gasteiger partial charge < -0.3 is 15.0 Å². The Balaban J connectivity index is 2.25. The molecule has 6 heteroatoms. The minimum atomic E-state index is -0.777. The van der Waals surface area contributed by atoms with Crippen molar-refractivity contribution in [2.24, 2.45) is 5.73 Å². The average molecular weight is 307 g/mol. The highest BCUT2D eigenvalue weighted by molar-refractivity contribution is 7.98. The lowest BCUT2D eigenvalue weighted by molar-refractivity contribution is 0.0410. The third-order valence-corrected chi connectivity index (χ3v) is 3.79. The highest BCUT2D eigenvalue weighted by Crippen LogP contribution is 2.29. The molecule has 0 aliphatic heterocycles. The van der Waals surface area contributed by atoms with Gasteiger partial charge in [0.2, 0.25) is 0 Å². The second-order valence-electron chi connectivity index (χ2n) is 5.40. The Bertz CT molecular complexity index is 596. The highest BCUT2D eigenvalue weighted by atomic mass is 32.2. The minimum absolute atomic E-state index is 0.108. The van der Waals surface area contributed by atoms with Crippen molar-refractivity contribution in [1.82, 2.24) is 10.1 Å². The lowest BCUT2D eigenvalue weighted by atomic mass is 10.1. The van der Waals surface area contributed by atoms with Gasteiger partial charge in [0.15, 0.2) is 5.82 Å². The fourth-order valence-corrected chi connectivity index (χ4v) is 2.38. The van der Waals surface area contributed by atoms with Crippen LogP contribution in [0.3, 0.4) is 0 Å². The van der Waals surface area contributed by atoms with Crippen LogP contribution in [0.25, 0.3) is 11.5 Å². The van der Waals surface area contributed by atoms with Crippen LogP contribution in [-0.4, -0.2) is 29.1 Å². The van der Waals surface area contributed by atoms with Crippen molar-refractivity contribution < 1.29 is 9.26 Å². The van der Waals surface area contributed by atoms with Crippen LogP contribution in [0.1, 0.15) is 26.6 Å². The van der Waals surface area contributed by atoms with Crippen LogP contribution in [0, 0.1) is 0 Å². The van der Waals surface area contributed by atoms with Crippen molar-refractivity contribution >= 4 is 11.8 Å². The van der Waals surface area contributed by atoms with Crippen LogP contribution in [0.4, 0.5) is 0 Å². The number of nitrogens with zero attached hydrogens (tertiary/aromatic N) is 2. The third-order valence-electron chi connectivity index (χ3n) is 2.99. The molecule has 0 amide bonds. The predicted octanol–water partition coefficient (Wildman–Crippen LogP) is 3.06. The Hall–Kier alpha value is -1.37. The van der Waals surface area contributed by atoms with E-state index in [1.807, 2.05) is 51.3 Å². The van der Waals surface area contributed by atoms with Crippen LogP contribution in [0.5, 0.6) is 0 Å². The first-order valence-electron chi connectivity index (χ1n) is 6.82. The Labute approximate surface area is 129 Å². The van der Waals surface area contributed by atoms with E-state index in [-0.39, 0.29) is 6.10 Å². The normalized spacial score (nSPS) is 14.4. The van der Waals surface area contributed by atoms with E-state index in [1.54, 1.807) is 11.8 Å². The summed E-state index contributed by atoms with van der Waals surface area (Å²) in [6.07, 6.45) is 2.12. The first-order valence-corrected chi connectivity index (χ1v) is 8.04. The van der Waals surface area contributed by atoms with E-state index >= 15 is 0 Å². The minimum Gasteiger partial charge on any atom is -0.376 e. The van der Waals surface area contributed by atoms with Crippen molar-refractivity contribution in [2.45, 2.75) is 37.3 Å². The maximum atomic E-state index is 6.23. The molecule has 0 aliphatic rings. The zero-order valence-corrected chi connectivity index (χ0v) is 13.6. The molecule has 0 fully saturated rings. The van der Waals surface area contributed by atoms with Crippen molar-refractivity contribution in [3.8, 4) is 11.5 Å². The molecule has 2 rings (SSSR count). The molecule has 0 aliphatic carbocycles. The molecule has 2 N–H and O–H groups in total. The number of ether oxygens (including phenoxy) is 1. The predicted molar refractivity (Wildman–Crippen MR) is 84.1 cm³/mol. The fraction of sp³-hybridized carbons (Fsp3) is 0.467. The molecular formula is C15H21N3O2S. The third kappa shape index (κ3) is 3.84. The summed E-state index contributed by atoms with van der Waals surface area (Å²) in [6.45, 7) is 6.11. The lowest BCUT2D eigenvalue weighted by Gasteiger charge is -2.21. The van der Waals surface area contributed by atoms with E-state index in [0.29, 0.717) is 18.3 Å². The Morgan fingerprint density at radius 3 is 2.76 bits per heavy atom. The number of aromatic nitrogens is 2. The molecule has 1 aromatic carbocycles. The van der Waals surface area contributed by atoms with Crippen molar-refractivity contribution in [2.75, 3.05) is 12.9 Å². The average Bonchev–Trinajstić information content (AvgIpc) is 2.95. The molecule has 114 valence electrons. The van der Waals surface area contributed by atoms with E-state index < -0.39 is 5.54 Å². The Morgan fingerprint density at radius 1 is 1.38 bits per heavy atom. The molecule has 0 spiro atoms. The number of rotatable bonds is 6. The summed E-state index contributed by atoms with van der Waals surface area (Å²) in [5.74, 6) is 0.935. The van der Waals surface area contributed by atoms with Crippen LogP contribution in [-0.2, 0) is 10.3 Å². The quantitative estimate of drug-likeness (QED) is 0.827. The van der Waals surface area contributed by atoms with E-state index in [2.05, 4.69) is 10.1 Å². The number of benzene rings is 1. The van der Waals surface area contributed by atoms with Gasteiger partial charge in [-0.3, -0.25) is 0 Å². The highest BCUT2D eigenvalue weighted by Gasteiger charge is 2.29. The summed E-state index contributed by atoms with van der Waals surface area (Å²) < 4.78 is 10.9. The van der Waals surface area contributed by atoms with Crippen LogP contribution < -0.4 is 5.73 Å². The molecule has 5 nitrogen and oxygen atoms in total. The molecule has 21 heavy (non-hydrogen) atoms. The molecule has 2 aromatic rings. The maximum absolute atomic E-state index is 6.23. The zero-order chi connectivity index (χ0) is 15.5. The first kappa shape index (κ1) is 16.0. The molecule has 1 heterocycles. The molecule has 0 saturated carbocycles. The SMILES string of the molecule is CSc1ccccc1-c1nc(C(C)(N)COC(C)C)no1. The second kappa shape index (κ2) is 6.60. The van der Waals surface area contributed by atoms with E-state index in [0.717, 1.165) is 10.5 Å². The van der Waals surface area contributed by atoms with Gasteiger partial charge in [-0.15, -0.1) is 11.8 Å². The molecule has 0 radical (unpaired) electrons. The summed E-state index contributed by atoms with van der Waals surface area (Å²) in [5.41, 5.74) is 6.38. The molecule has 1 aromatic heterocycles. The number of hydrogen-bond donors (Lipinski definition) is 1. The summed E-state index contributed by atoms with van der Waals surface area (Å²) in [5, 5.41) is 4.02. The zero-order valence-electron chi connectivity index (χ0n) is 12.8. The molecule has 1 atom stereocenters. The van der Waals surface area contributed by atoms with Gasteiger partial charge in [-0.2, -0.15) is 4.98 Å². The fourth-order valence-electron chi connectivity index (χ4n) is 1.79. The largest absolute Gasteiger partial charge is 0.376 e. The van der Waals surface area contributed by atoms with Crippen molar-refractivity contribution in [1.29, 1.82) is 0 Å². The summed E-state index contributed by atoms with van der Waals surface area (Å²) in [7, 11) is 0. The van der Waals surface area contributed by atoms with Crippen LogP contribution in [0.15, 0.2) is 33.7 Å². The molecule has 0 saturated heterocycles. The van der Waals surface area contributed by atoms with Gasteiger partial charge in [0, 0.05) is 4.90 Å². The van der Waals surface area contributed by atoms with Gasteiger partial charge in [0.25, 0.3) is 5.89 Å². The number of thioether (sulfide) groups is 1.